The Bertz CT molecular complexity index is 785. The van der Waals surface area contributed by atoms with Crippen LogP contribution in [0.15, 0.2) is 24.3 Å². The van der Waals surface area contributed by atoms with Crippen molar-refractivity contribution in [2.75, 3.05) is 44.3 Å². The second kappa shape index (κ2) is 9.74. The van der Waals surface area contributed by atoms with E-state index in [1.165, 1.54) is 4.90 Å². The summed E-state index contributed by atoms with van der Waals surface area (Å²) in [6.45, 7) is 10.1. The number of halogens is 1. The Morgan fingerprint density at radius 2 is 1.80 bits per heavy atom. The molecule has 1 aromatic carbocycles. The zero-order chi connectivity index (χ0) is 21.9. The van der Waals surface area contributed by atoms with Gasteiger partial charge < -0.3 is 9.64 Å². The molecule has 0 bridgehead atoms. The van der Waals surface area contributed by atoms with Crippen LogP contribution in [-0.2, 0) is 19.1 Å². The third-order valence-corrected chi connectivity index (χ3v) is 6.07. The SMILES string of the molecule is CC(C)(C)CC(=O)N(CCN1CCOCC1)C1CC(=O)N(c2ccc(I)cc2)C1=O. The second-order valence-corrected chi connectivity index (χ2v) is 10.3. The molecule has 3 amide bonds. The number of amides is 3. The summed E-state index contributed by atoms with van der Waals surface area (Å²) in [6, 6.07) is 6.53. The summed E-state index contributed by atoms with van der Waals surface area (Å²) < 4.78 is 6.42. The third-order valence-electron chi connectivity index (χ3n) is 5.35. The van der Waals surface area contributed by atoms with Crippen LogP contribution in [0, 0.1) is 8.99 Å². The molecule has 0 radical (unpaired) electrons. The Hall–Kier alpha value is -1.52. The number of carbonyl (C=O) groups is 3. The van der Waals surface area contributed by atoms with Gasteiger partial charge in [-0.25, -0.2) is 4.90 Å². The number of rotatable bonds is 6. The van der Waals surface area contributed by atoms with Crippen molar-refractivity contribution in [2.24, 2.45) is 5.41 Å². The van der Waals surface area contributed by atoms with Crippen LogP contribution >= 0.6 is 22.6 Å². The maximum atomic E-state index is 13.2. The fourth-order valence-corrected chi connectivity index (χ4v) is 4.16. The van der Waals surface area contributed by atoms with E-state index in [1.54, 1.807) is 17.0 Å². The first kappa shape index (κ1) is 23.1. The average molecular weight is 527 g/mol. The molecule has 2 heterocycles. The van der Waals surface area contributed by atoms with Gasteiger partial charge in [0.15, 0.2) is 0 Å². The Labute approximate surface area is 191 Å². The third kappa shape index (κ3) is 5.79. The van der Waals surface area contributed by atoms with Gasteiger partial charge in [0.25, 0.3) is 5.91 Å². The van der Waals surface area contributed by atoms with E-state index in [9.17, 15) is 14.4 Å². The number of hydrogen-bond donors (Lipinski definition) is 0. The molecule has 8 heteroatoms. The minimum Gasteiger partial charge on any atom is -0.379 e. The highest BCUT2D eigenvalue weighted by Gasteiger charge is 2.44. The largest absolute Gasteiger partial charge is 0.379 e. The van der Waals surface area contributed by atoms with Crippen LogP contribution < -0.4 is 4.90 Å². The fourth-order valence-electron chi connectivity index (χ4n) is 3.80. The van der Waals surface area contributed by atoms with E-state index >= 15 is 0 Å². The van der Waals surface area contributed by atoms with E-state index in [1.807, 2.05) is 32.9 Å². The number of hydrogen-bond acceptors (Lipinski definition) is 5. The molecule has 30 heavy (non-hydrogen) atoms. The Morgan fingerprint density at radius 1 is 1.17 bits per heavy atom. The number of morpholine rings is 1. The highest BCUT2D eigenvalue weighted by molar-refractivity contribution is 14.1. The number of carbonyl (C=O) groups excluding carboxylic acids is 3. The van der Waals surface area contributed by atoms with E-state index in [2.05, 4.69) is 27.5 Å². The summed E-state index contributed by atoms with van der Waals surface area (Å²) >= 11 is 2.18. The lowest BCUT2D eigenvalue weighted by Gasteiger charge is -2.33. The topological polar surface area (TPSA) is 70.2 Å². The Balaban J connectivity index is 1.78. The lowest BCUT2D eigenvalue weighted by atomic mass is 9.91. The molecule has 1 unspecified atom stereocenters. The molecule has 2 fully saturated rings. The van der Waals surface area contributed by atoms with Crippen LogP contribution in [0.2, 0.25) is 0 Å². The molecule has 1 aromatic rings. The molecule has 2 saturated heterocycles. The molecule has 0 spiro atoms. The number of anilines is 1. The zero-order valence-electron chi connectivity index (χ0n) is 17.9. The van der Waals surface area contributed by atoms with E-state index in [-0.39, 0.29) is 29.6 Å². The molecular formula is C22H30IN3O4. The van der Waals surface area contributed by atoms with E-state index in [4.69, 9.17) is 4.74 Å². The van der Waals surface area contributed by atoms with Gasteiger partial charge in [-0.3, -0.25) is 19.3 Å². The van der Waals surface area contributed by atoms with Gasteiger partial charge in [-0.2, -0.15) is 0 Å². The molecule has 0 aliphatic carbocycles. The first-order chi connectivity index (χ1) is 14.2. The van der Waals surface area contributed by atoms with Crippen molar-refractivity contribution in [3.8, 4) is 0 Å². The molecule has 3 rings (SSSR count). The molecule has 0 N–H and O–H groups in total. The summed E-state index contributed by atoms with van der Waals surface area (Å²) in [5.41, 5.74) is 0.361. The minimum absolute atomic E-state index is 0.0316. The van der Waals surface area contributed by atoms with Crippen molar-refractivity contribution < 1.29 is 19.1 Å². The van der Waals surface area contributed by atoms with Crippen molar-refractivity contribution in [3.63, 3.8) is 0 Å². The predicted molar refractivity (Wildman–Crippen MR) is 123 cm³/mol. The van der Waals surface area contributed by atoms with Crippen LogP contribution in [0.25, 0.3) is 0 Å². The van der Waals surface area contributed by atoms with E-state index in [0.717, 1.165) is 16.7 Å². The van der Waals surface area contributed by atoms with Crippen molar-refractivity contribution >= 4 is 46.0 Å². The van der Waals surface area contributed by atoms with Crippen LogP contribution in [0.5, 0.6) is 0 Å². The van der Waals surface area contributed by atoms with Gasteiger partial charge in [0.1, 0.15) is 6.04 Å². The molecule has 1 atom stereocenters. The van der Waals surface area contributed by atoms with Gasteiger partial charge in [-0.05, 0) is 52.3 Å². The first-order valence-electron chi connectivity index (χ1n) is 10.4. The maximum absolute atomic E-state index is 13.2. The summed E-state index contributed by atoms with van der Waals surface area (Å²) in [4.78, 5) is 44.2. The zero-order valence-corrected chi connectivity index (χ0v) is 20.1. The van der Waals surface area contributed by atoms with Crippen molar-refractivity contribution in [1.29, 1.82) is 0 Å². The maximum Gasteiger partial charge on any atom is 0.257 e. The van der Waals surface area contributed by atoms with Gasteiger partial charge in [-0.15, -0.1) is 0 Å². The first-order valence-corrected chi connectivity index (χ1v) is 11.5. The van der Waals surface area contributed by atoms with Gasteiger partial charge in [0.2, 0.25) is 11.8 Å². The second-order valence-electron chi connectivity index (χ2n) is 9.04. The van der Waals surface area contributed by atoms with Gasteiger partial charge >= 0.3 is 0 Å². The van der Waals surface area contributed by atoms with Crippen molar-refractivity contribution in [2.45, 2.75) is 39.7 Å². The van der Waals surface area contributed by atoms with E-state index < -0.39 is 6.04 Å². The number of nitrogens with zero attached hydrogens (tertiary/aromatic N) is 3. The molecule has 0 aromatic heterocycles. The smallest absolute Gasteiger partial charge is 0.257 e. The van der Waals surface area contributed by atoms with Gasteiger partial charge in [0.05, 0.1) is 25.3 Å². The number of benzene rings is 1. The van der Waals surface area contributed by atoms with Crippen LogP contribution in [0.4, 0.5) is 5.69 Å². The van der Waals surface area contributed by atoms with Crippen molar-refractivity contribution in [3.05, 3.63) is 27.8 Å². The summed E-state index contributed by atoms with van der Waals surface area (Å²) in [6.07, 6.45) is 0.363. The Kier molecular flexibility index (Phi) is 7.52. The molecule has 2 aliphatic heterocycles. The van der Waals surface area contributed by atoms with Crippen LogP contribution in [0.1, 0.15) is 33.6 Å². The minimum atomic E-state index is -0.743. The summed E-state index contributed by atoms with van der Waals surface area (Å²) in [7, 11) is 0. The highest BCUT2D eigenvalue weighted by atomic mass is 127. The molecule has 164 valence electrons. The quantitative estimate of drug-likeness (QED) is 0.420. The molecular weight excluding hydrogens is 497 g/mol. The summed E-state index contributed by atoms with van der Waals surface area (Å²) in [5, 5.41) is 0. The average Bonchev–Trinajstić information content (AvgIpc) is 2.96. The molecule has 7 nitrogen and oxygen atoms in total. The van der Waals surface area contributed by atoms with Crippen LogP contribution in [-0.4, -0.2) is 73.0 Å². The van der Waals surface area contributed by atoms with Gasteiger partial charge in [0, 0.05) is 36.2 Å². The predicted octanol–water partition coefficient (Wildman–Crippen LogP) is 2.52. The standard InChI is InChI=1S/C22H30IN3O4/c1-22(2,3)15-20(28)25(9-8-24-10-12-30-13-11-24)18-14-19(27)26(21(18)29)17-6-4-16(23)5-7-17/h4-7,18H,8-15H2,1-3H3. The monoisotopic (exact) mass is 527 g/mol. The number of ether oxygens (including phenoxy) is 1. The summed E-state index contributed by atoms with van der Waals surface area (Å²) in [5.74, 6) is -0.650. The normalized spacial score (nSPS) is 20.7. The van der Waals surface area contributed by atoms with Crippen LogP contribution in [0.3, 0.4) is 0 Å². The molecule has 2 aliphatic rings. The Morgan fingerprint density at radius 3 is 2.40 bits per heavy atom. The van der Waals surface area contributed by atoms with E-state index in [0.29, 0.717) is 38.4 Å². The lowest BCUT2D eigenvalue weighted by molar-refractivity contribution is -0.140. The fraction of sp³-hybridized carbons (Fsp3) is 0.591. The molecule has 0 saturated carbocycles. The van der Waals surface area contributed by atoms with Gasteiger partial charge in [-0.1, -0.05) is 20.8 Å². The number of imide groups is 1. The highest BCUT2D eigenvalue weighted by Crippen LogP contribution is 2.28. The van der Waals surface area contributed by atoms with Crippen molar-refractivity contribution in [1.82, 2.24) is 9.80 Å². The lowest BCUT2D eigenvalue weighted by Crippen LogP contribution is -2.50.